The third-order valence-electron chi connectivity index (χ3n) is 5.22. The van der Waals surface area contributed by atoms with Crippen molar-refractivity contribution in [1.82, 2.24) is 34.8 Å². The number of aryl methyl sites for hydroxylation is 2. The van der Waals surface area contributed by atoms with Gasteiger partial charge in [-0.25, -0.2) is 4.68 Å². The highest BCUT2D eigenvalue weighted by atomic mass is 19.4. The molecule has 0 aliphatic rings. The average Bonchev–Trinajstić information content (AvgIpc) is 3.42. The molecule has 178 valence electrons. The van der Waals surface area contributed by atoms with Crippen LogP contribution in [0.2, 0.25) is 0 Å². The van der Waals surface area contributed by atoms with E-state index in [1.807, 2.05) is 6.92 Å². The smallest absolute Gasteiger partial charge is 0.417 e. The Kier molecular flexibility index (Phi) is 6.22. The van der Waals surface area contributed by atoms with Crippen LogP contribution in [0.4, 0.5) is 13.2 Å². The monoisotopic (exact) mass is 473 g/mol. The topological polar surface area (TPSA) is 99.8 Å². The maximum atomic E-state index is 14.0. The van der Waals surface area contributed by atoms with E-state index in [0.717, 1.165) is 6.07 Å². The number of carbonyl (C=O) groups excluding carboxylic acids is 1. The van der Waals surface area contributed by atoms with Crippen molar-refractivity contribution in [2.75, 3.05) is 6.61 Å². The van der Waals surface area contributed by atoms with Crippen LogP contribution < -0.4 is 10.1 Å². The van der Waals surface area contributed by atoms with E-state index in [1.54, 1.807) is 48.1 Å². The second kappa shape index (κ2) is 9.12. The van der Waals surface area contributed by atoms with Crippen LogP contribution in [0, 0.1) is 0 Å². The summed E-state index contributed by atoms with van der Waals surface area (Å²) in [7, 11) is 1.50. The van der Waals surface area contributed by atoms with Crippen LogP contribution in [0.5, 0.6) is 5.88 Å². The molecule has 1 atom stereocenters. The number of pyridine rings is 1. The van der Waals surface area contributed by atoms with Crippen LogP contribution in [0.25, 0.3) is 22.3 Å². The highest BCUT2D eigenvalue weighted by molar-refractivity contribution is 5.94. The first kappa shape index (κ1) is 23.2. The molecule has 3 aromatic heterocycles. The fourth-order valence-corrected chi connectivity index (χ4v) is 3.65. The standard InChI is InChI=1S/C22H22F3N7O2/c1-4-32-12-26-29-20(32)13(2)27-16(33)11-34-17-10-15(22(23,24)25)18-19(14-8-6-5-7-9-14)30-31(3)21(18)28-17/h5-10,12-13H,4,11H2,1-3H3,(H,27,33). The Balaban J connectivity index is 1.60. The van der Waals surface area contributed by atoms with Crippen LogP contribution in [0.1, 0.15) is 31.3 Å². The van der Waals surface area contributed by atoms with E-state index in [9.17, 15) is 18.0 Å². The summed E-state index contributed by atoms with van der Waals surface area (Å²) >= 11 is 0. The predicted octanol–water partition coefficient (Wildman–Crippen LogP) is 3.52. The van der Waals surface area contributed by atoms with Gasteiger partial charge in [0.15, 0.2) is 18.1 Å². The second-order valence-electron chi connectivity index (χ2n) is 7.60. The summed E-state index contributed by atoms with van der Waals surface area (Å²) in [5.41, 5.74) is -0.253. The summed E-state index contributed by atoms with van der Waals surface area (Å²) in [6.45, 7) is 3.73. The molecule has 0 radical (unpaired) electrons. The maximum absolute atomic E-state index is 14.0. The number of hydrogen-bond acceptors (Lipinski definition) is 6. The summed E-state index contributed by atoms with van der Waals surface area (Å²) in [5.74, 6) is -0.316. The minimum atomic E-state index is -4.69. The lowest BCUT2D eigenvalue weighted by Gasteiger charge is -2.15. The number of rotatable bonds is 7. The van der Waals surface area contributed by atoms with E-state index < -0.39 is 30.3 Å². The SMILES string of the molecule is CCn1cnnc1C(C)NC(=O)COc1cc(C(F)(F)F)c2c(-c3ccccc3)nn(C)c2n1. The zero-order chi connectivity index (χ0) is 24.5. The van der Waals surface area contributed by atoms with Gasteiger partial charge in [0, 0.05) is 25.2 Å². The van der Waals surface area contributed by atoms with Gasteiger partial charge in [-0.1, -0.05) is 30.3 Å². The molecule has 1 N–H and O–H groups in total. The molecule has 12 heteroatoms. The molecule has 0 aliphatic carbocycles. The van der Waals surface area contributed by atoms with Crippen molar-refractivity contribution in [3.05, 3.63) is 54.1 Å². The number of ether oxygens (including phenoxy) is 1. The number of fused-ring (bicyclic) bond motifs is 1. The molecular weight excluding hydrogens is 451 g/mol. The molecule has 0 spiro atoms. The van der Waals surface area contributed by atoms with Crippen LogP contribution in [0.3, 0.4) is 0 Å². The lowest BCUT2D eigenvalue weighted by Crippen LogP contribution is -2.32. The van der Waals surface area contributed by atoms with Crippen molar-refractivity contribution in [1.29, 1.82) is 0 Å². The highest BCUT2D eigenvalue weighted by Gasteiger charge is 2.36. The number of nitrogens with one attached hydrogen (secondary N) is 1. The number of alkyl halides is 3. The average molecular weight is 473 g/mol. The Labute approximate surface area is 192 Å². The van der Waals surface area contributed by atoms with Crippen molar-refractivity contribution < 1.29 is 22.7 Å². The Morgan fingerprint density at radius 3 is 2.65 bits per heavy atom. The van der Waals surface area contributed by atoms with Crippen LogP contribution in [-0.2, 0) is 24.6 Å². The van der Waals surface area contributed by atoms with E-state index in [0.29, 0.717) is 17.9 Å². The van der Waals surface area contributed by atoms with Gasteiger partial charge in [-0.15, -0.1) is 10.2 Å². The Hall–Kier alpha value is -3.96. The van der Waals surface area contributed by atoms with Crippen LogP contribution in [-0.4, -0.2) is 42.0 Å². The first-order chi connectivity index (χ1) is 16.2. The molecule has 34 heavy (non-hydrogen) atoms. The molecule has 0 bridgehead atoms. The van der Waals surface area contributed by atoms with Gasteiger partial charge >= 0.3 is 6.18 Å². The molecule has 4 rings (SSSR count). The third-order valence-corrected chi connectivity index (χ3v) is 5.22. The fourth-order valence-electron chi connectivity index (χ4n) is 3.65. The van der Waals surface area contributed by atoms with Crippen LogP contribution >= 0.6 is 0 Å². The fraction of sp³-hybridized carbons (Fsp3) is 0.318. The maximum Gasteiger partial charge on any atom is 0.417 e. The Morgan fingerprint density at radius 1 is 1.24 bits per heavy atom. The normalized spacial score (nSPS) is 12.6. The Morgan fingerprint density at radius 2 is 1.97 bits per heavy atom. The predicted molar refractivity (Wildman–Crippen MR) is 117 cm³/mol. The largest absolute Gasteiger partial charge is 0.467 e. The summed E-state index contributed by atoms with van der Waals surface area (Å²) in [4.78, 5) is 16.6. The molecule has 4 aromatic rings. The quantitative estimate of drug-likeness (QED) is 0.441. The second-order valence-corrected chi connectivity index (χ2v) is 7.60. The summed E-state index contributed by atoms with van der Waals surface area (Å²) < 4.78 is 50.3. The zero-order valence-electron chi connectivity index (χ0n) is 18.7. The number of benzene rings is 1. The number of hydrogen-bond donors (Lipinski definition) is 1. The van der Waals surface area contributed by atoms with Gasteiger partial charge in [0.25, 0.3) is 5.91 Å². The first-order valence-corrected chi connectivity index (χ1v) is 10.5. The van der Waals surface area contributed by atoms with Crippen molar-refractivity contribution in [2.24, 2.45) is 7.05 Å². The molecule has 3 heterocycles. The number of amides is 1. The van der Waals surface area contributed by atoms with Gasteiger partial charge in [0.2, 0.25) is 5.88 Å². The molecule has 0 aliphatic heterocycles. The van der Waals surface area contributed by atoms with Gasteiger partial charge in [0.1, 0.15) is 12.0 Å². The number of aromatic nitrogens is 6. The molecule has 0 saturated heterocycles. The van der Waals surface area contributed by atoms with Gasteiger partial charge in [-0.2, -0.15) is 23.3 Å². The first-order valence-electron chi connectivity index (χ1n) is 10.5. The molecule has 1 aromatic carbocycles. The minimum absolute atomic E-state index is 0.00602. The molecule has 1 amide bonds. The van der Waals surface area contributed by atoms with Gasteiger partial charge in [-0.3, -0.25) is 4.79 Å². The zero-order valence-corrected chi connectivity index (χ0v) is 18.7. The Bertz CT molecular complexity index is 1320. The van der Waals surface area contributed by atoms with Gasteiger partial charge in [-0.05, 0) is 13.8 Å². The lowest BCUT2D eigenvalue weighted by molar-refractivity contribution is -0.136. The summed E-state index contributed by atoms with van der Waals surface area (Å²) in [6, 6.07) is 8.88. The minimum Gasteiger partial charge on any atom is -0.467 e. The molecule has 0 saturated carbocycles. The van der Waals surface area contributed by atoms with Crippen LogP contribution in [0.15, 0.2) is 42.7 Å². The van der Waals surface area contributed by atoms with Crippen molar-refractivity contribution in [2.45, 2.75) is 32.6 Å². The van der Waals surface area contributed by atoms with E-state index in [4.69, 9.17) is 4.74 Å². The molecular formula is C22H22F3N7O2. The van der Waals surface area contributed by atoms with Crippen molar-refractivity contribution in [3.63, 3.8) is 0 Å². The van der Waals surface area contributed by atoms with E-state index in [1.165, 1.54) is 11.7 Å². The summed E-state index contributed by atoms with van der Waals surface area (Å²) in [5, 5.41) is 14.6. The number of carbonyl (C=O) groups is 1. The summed E-state index contributed by atoms with van der Waals surface area (Å²) in [6.07, 6.45) is -3.14. The third kappa shape index (κ3) is 4.56. The van der Waals surface area contributed by atoms with Gasteiger partial charge < -0.3 is 14.6 Å². The number of halogens is 3. The van der Waals surface area contributed by atoms with Crippen molar-refractivity contribution >= 4 is 16.9 Å². The van der Waals surface area contributed by atoms with E-state index in [2.05, 4.69) is 25.6 Å². The molecule has 0 fully saturated rings. The molecule has 9 nitrogen and oxygen atoms in total. The molecule has 1 unspecified atom stereocenters. The number of nitrogens with zero attached hydrogens (tertiary/aromatic N) is 6. The van der Waals surface area contributed by atoms with E-state index >= 15 is 0 Å². The lowest BCUT2D eigenvalue weighted by atomic mass is 10.0. The van der Waals surface area contributed by atoms with Crippen molar-refractivity contribution in [3.8, 4) is 17.1 Å². The van der Waals surface area contributed by atoms with Gasteiger partial charge in [0.05, 0.1) is 17.0 Å². The van der Waals surface area contributed by atoms with E-state index in [-0.39, 0.29) is 22.6 Å². The highest BCUT2D eigenvalue weighted by Crippen LogP contribution is 2.40.